The number of aldehydes is 1. The van der Waals surface area contributed by atoms with Crippen molar-refractivity contribution in [2.24, 2.45) is 0 Å². The molecule has 1 aliphatic rings. The lowest BCUT2D eigenvalue weighted by atomic mass is 10.2. The van der Waals surface area contributed by atoms with E-state index in [4.69, 9.17) is 9.47 Å². The van der Waals surface area contributed by atoms with Crippen LogP contribution in [0.5, 0.6) is 0 Å². The second kappa shape index (κ2) is 7.03. The first kappa shape index (κ1) is 12.9. The Balaban J connectivity index is 1.77. The molecule has 18 heavy (non-hydrogen) atoms. The molecule has 1 atom stereocenters. The third-order valence-electron chi connectivity index (χ3n) is 2.72. The second-order valence-corrected chi connectivity index (χ2v) is 4.14. The molecule has 4 nitrogen and oxygen atoms in total. The van der Waals surface area contributed by atoms with E-state index in [9.17, 15) is 4.79 Å². The zero-order chi connectivity index (χ0) is 12.6. The van der Waals surface area contributed by atoms with Crippen molar-refractivity contribution >= 4 is 12.4 Å². The zero-order valence-electron chi connectivity index (χ0n) is 10.2. The van der Waals surface area contributed by atoms with E-state index in [1.54, 1.807) is 6.07 Å². The van der Waals surface area contributed by atoms with Gasteiger partial charge in [-0.3, -0.25) is 4.79 Å². The van der Waals surface area contributed by atoms with E-state index in [-0.39, 0.29) is 6.29 Å². The maximum absolute atomic E-state index is 10.6. The van der Waals surface area contributed by atoms with Crippen LogP contribution in [0.15, 0.2) is 24.3 Å². The van der Waals surface area contributed by atoms with E-state index >= 15 is 0 Å². The van der Waals surface area contributed by atoms with Gasteiger partial charge in [-0.05, 0) is 37.5 Å². The Hall–Kier alpha value is -1.52. The van der Waals surface area contributed by atoms with Crippen molar-refractivity contribution < 1.29 is 14.3 Å². The van der Waals surface area contributed by atoms with Gasteiger partial charge in [0.15, 0.2) is 12.6 Å². The molecule has 0 amide bonds. The number of hydrogen-bond donors (Lipinski definition) is 0. The third kappa shape index (κ3) is 4.05. The molecule has 4 heteroatoms. The summed E-state index contributed by atoms with van der Waals surface area (Å²) in [6.45, 7) is 1.29. The molecule has 1 aromatic rings. The SMILES string of the molecule is O=Cc1cccc(C=CCOC2CCCCO2)n1. The largest absolute Gasteiger partial charge is 0.353 e. The van der Waals surface area contributed by atoms with Crippen molar-refractivity contribution in [1.29, 1.82) is 0 Å². The highest BCUT2D eigenvalue weighted by Crippen LogP contribution is 2.13. The van der Waals surface area contributed by atoms with Gasteiger partial charge in [-0.2, -0.15) is 0 Å². The highest BCUT2D eigenvalue weighted by Gasteiger charge is 2.12. The van der Waals surface area contributed by atoms with Crippen LogP contribution in [-0.2, 0) is 9.47 Å². The summed E-state index contributed by atoms with van der Waals surface area (Å²) in [4.78, 5) is 14.7. The number of pyridine rings is 1. The van der Waals surface area contributed by atoms with Crippen LogP contribution in [0.2, 0.25) is 0 Å². The topological polar surface area (TPSA) is 48.4 Å². The molecular formula is C14H17NO3. The van der Waals surface area contributed by atoms with Crippen molar-refractivity contribution in [2.75, 3.05) is 13.2 Å². The quantitative estimate of drug-likeness (QED) is 0.750. The first-order valence-corrected chi connectivity index (χ1v) is 6.20. The predicted octanol–water partition coefficient (Wildman–Crippen LogP) is 2.45. The van der Waals surface area contributed by atoms with E-state index in [0.29, 0.717) is 12.3 Å². The lowest BCUT2D eigenvalue weighted by Gasteiger charge is -2.21. The van der Waals surface area contributed by atoms with Gasteiger partial charge in [0.05, 0.1) is 12.3 Å². The van der Waals surface area contributed by atoms with Crippen molar-refractivity contribution in [3.8, 4) is 0 Å². The minimum Gasteiger partial charge on any atom is -0.353 e. The molecule has 2 rings (SSSR count). The van der Waals surface area contributed by atoms with Crippen molar-refractivity contribution in [3.05, 3.63) is 35.7 Å². The fourth-order valence-corrected chi connectivity index (χ4v) is 1.80. The van der Waals surface area contributed by atoms with Gasteiger partial charge in [-0.15, -0.1) is 0 Å². The van der Waals surface area contributed by atoms with E-state index in [1.807, 2.05) is 24.3 Å². The Morgan fingerprint density at radius 3 is 3.06 bits per heavy atom. The van der Waals surface area contributed by atoms with Crippen molar-refractivity contribution in [1.82, 2.24) is 4.98 Å². The molecule has 1 unspecified atom stereocenters. The molecule has 0 aliphatic carbocycles. The highest BCUT2D eigenvalue weighted by molar-refractivity contribution is 5.72. The first-order chi connectivity index (χ1) is 8.88. The fraction of sp³-hybridized carbons (Fsp3) is 0.429. The number of ether oxygens (including phenoxy) is 2. The second-order valence-electron chi connectivity index (χ2n) is 4.14. The number of nitrogens with zero attached hydrogens (tertiary/aromatic N) is 1. The maximum Gasteiger partial charge on any atom is 0.168 e. The molecule has 1 aromatic heterocycles. The third-order valence-corrected chi connectivity index (χ3v) is 2.72. The number of carbonyl (C=O) groups excluding carboxylic acids is 1. The molecule has 0 saturated carbocycles. The molecule has 0 spiro atoms. The molecule has 0 aromatic carbocycles. The Bertz CT molecular complexity index is 411. The lowest BCUT2D eigenvalue weighted by Crippen LogP contribution is -2.22. The normalized spacial score (nSPS) is 20.1. The molecule has 96 valence electrons. The molecule has 0 bridgehead atoms. The van der Waals surface area contributed by atoms with E-state index in [0.717, 1.165) is 37.8 Å². The van der Waals surface area contributed by atoms with Crippen LogP contribution in [0.4, 0.5) is 0 Å². The molecular weight excluding hydrogens is 230 g/mol. The molecule has 1 saturated heterocycles. The standard InChI is InChI=1S/C14H17NO3/c16-11-13-6-3-5-12(15-13)7-4-10-18-14-8-1-2-9-17-14/h3-7,11,14H,1-2,8-10H2. The molecule has 1 fully saturated rings. The number of carbonyl (C=O) groups is 1. The monoisotopic (exact) mass is 247 g/mol. The van der Waals surface area contributed by atoms with E-state index in [1.165, 1.54) is 0 Å². The van der Waals surface area contributed by atoms with Crippen LogP contribution in [0.3, 0.4) is 0 Å². The summed E-state index contributed by atoms with van der Waals surface area (Å²) < 4.78 is 11.0. The van der Waals surface area contributed by atoms with E-state index in [2.05, 4.69) is 4.98 Å². The molecule has 1 aliphatic heterocycles. The van der Waals surface area contributed by atoms with Crippen LogP contribution >= 0.6 is 0 Å². The number of hydrogen-bond acceptors (Lipinski definition) is 4. The van der Waals surface area contributed by atoms with Gasteiger partial charge in [-0.25, -0.2) is 4.98 Å². The summed E-state index contributed by atoms with van der Waals surface area (Å²) in [6, 6.07) is 5.33. The predicted molar refractivity (Wildman–Crippen MR) is 68.2 cm³/mol. The lowest BCUT2D eigenvalue weighted by molar-refractivity contribution is -0.155. The van der Waals surface area contributed by atoms with E-state index < -0.39 is 0 Å². The van der Waals surface area contributed by atoms with Gasteiger partial charge in [-0.1, -0.05) is 12.1 Å². The van der Waals surface area contributed by atoms with Gasteiger partial charge < -0.3 is 9.47 Å². The maximum atomic E-state index is 10.6. The minimum absolute atomic E-state index is 0.0716. The highest BCUT2D eigenvalue weighted by atomic mass is 16.7. The Morgan fingerprint density at radius 2 is 2.28 bits per heavy atom. The number of rotatable bonds is 5. The van der Waals surface area contributed by atoms with Crippen LogP contribution in [-0.4, -0.2) is 30.8 Å². The fourth-order valence-electron chi connectivity index (χ4n) is 1.80. The summed E-state index contributed by atoms with van der Waals surface area (Å²) in [5.41, 5.74) is 1.20. The summed E-state index contributed by atoms with van der Waals surface area (Å²) in [5, 5.41) is 0. The zero-order valence-corrected chi connectivity index (χ0v) is 10.2. The van der Waals surface area contributed by atoms with Gasteiger partial charge in [0, 0.05) is 6.61 Å². The van der Waals surface area contributed by atoms with Crippen molar-refractivity contribution in [2.45, 2.75) is 25.6 Å². The van der Waals surface area contributed by atoms with Crippen LogP contribution < -0.4 is 0 Å². The summed E-state index contributed by atoms with van der Waals surface area (Å²) in [7, 11) is 0. The first-order valence-electron chi connectivity index (χ1n) is 6.20. The average Bonchev–Trinajstić information content (AvgIpc) is 2.45. The van der Waals surface area contributed by atoms with Gasteiger partial charge >= 0.3 is 0 Å². The van der Waals surface area contributed by atoms with Gasteiger partial charge in [0.1, 0.15) is 5.69 Å². The molecule has 2 heterocycles. The van der Waals surface area contributed by atoms with Crippen LogP contribution in [0.1, 0.15) is 35.4 Å². The Morgan fingerprint density at radius 1 is 1.39 bits per heavy atom. The Kier molecular flexibility index (Phi) is 5.05. The number of aromatic nitrogens is 1. The van der Waals surface area contributed by atoms with Gasteiger partial charge in [0.25, 0.3) is 0 Å². The average molecular weight is 247 g/mol. The van der Waals surface area contributed by atoms with Crippen LogP contribution in [0.25, 0.3) is 6.08 Å². The van der Waals surface area contributed by atoms with Crippen LogP contribution in [0, 0.1) is 0 Å². The summed E-state index contributed by atoms with van der Waals surface area (Å²) in [6.07, 6.45) is 7.65. The van der Waals surface area contributed by atoms with Gasteiger partial charge in [0.2, 0.25) is 0 Å². The smallest absolute Gasteiger partial charge is 0.168 e. The summed E-state index contributed by atoms with van der Waals surface area (Å²) in [5.74, 6) is 0. The molecule has 0 radical (unpaired) electrons. The summed E-state index contributed by atoms with van der Waals surface area (Å²) >= 11 is 0. The van der Waals surface area contributed by atoms with Crippen molar-refractivity contribution in [3.63, 3.8) is 0 Å². The minimum atomic E-state index is -0.0716. The molecule has 0 N–H and O–H groups in total. The Labute approximate surface area is 107 Å².